The van der Waals surface area contributed by atoms with E-state index in [2.05, 4.69) is 10.4 Å². The van der Waals surface area contributed by atoms with Gasteiger partial charge in [0.15, 0.2) is 0 Å². The first-order valence-electron chi connectivity index (χ1n) is 6.51. The van der Waals surface area contributed by atoms with Crippen LogP contribution in [0.15, 0.2) is 30.5 Å². The Kier molecular flexibility index (Phi) is 3.46. The zero-order valence-electron chi connectivity index (χ0n) is 10.8. The number of halogens is 1. The number of rotatable bonds is 5. The van der Waals surface area contributed by atoms with Gasteiger partial charge in [-0.05, 0) is 42.7 Å². The number of hydrogen-bond acceptors (Lipinski definition) is 3. The van der Waals surface area contributed by atoms with E-state index in [9.17, 15) is 4.79 Å². The van der Waals surface area contributed by atoms with Crippen LogP contribution in [0.3, 0.4) is 0 Å². The van der Waals surface area contributed by atoms with Gasteiger partial charge in [0.25, 0.3) is 5.91 Å². The second kappa shape index (κ2) is 5.26. The van der Waals surface area contributed by atoms with Crippen LogP contribution in [0.4, 0.5) is 0 Å². The minimum absolute atomic E-state index is 0.251. The molecule has 2 aromatic rings. The summed E-state index contributed by atoms with van der Waals surface area (Å²) in [6, 6.07) is 7.83. The van der Waals surface area contributed by atoms with Crippen LogP contribution < -0.4 is 11.1 Å². The van der Waals surface area contributed by atoms with Crippen LogP contribution in [0.2, 0.25) is 5.02 Å². The highest BCUT2D eigenvalue weighted by Gasteiger charge is 2.20. The number of amides is 1. The number of nitrogens with one attached hydrogen (secondary N) is 1. The van der Waals surface area contributed by atoms with E-state index in [-0.39, 0.29) is 5.69 Å². The summed E-state index contributed by atoms with van der Waals surface area (Å²) in [5.41, 5.74) is 7.42. The molecule has 0 unspecified atom stereocenters. The van der Waals surface area contributed by atoms with E-state index >= 15 is 0 Å². The highest BCUT2D eigenvalue weighted by Crippen LogP contribution is 2.23. The second-order valence-electron chi connectivity index (χ2n) is 4.94. The average Bonchev–Trinajstić information content (AvgIpc) is 3.11. The van der Waals surface area contributed by atoms with Crippen molar-refractivity contribution in [3.05, 3.63) is 46.7 Å². The third-order valence-corrected chi connectivity index (χ3v) is 3.52. The Morgan fingerprint density at radius 2 is 2.25 bits per heavy atom. The standard InChI is InChI=1S/C14H15ClN4O/c15-10-1-4-13(9(7-10)8-17-11-2-3-11)19-6-5-12(18-19)14(16)20/h1,4-7,11,17H,2-3,8H2,(H2,16,20). The Bertz CT molecular complexity index is 648. The van der Waals surface area contributed by atoms with Gasteiger partial charge in [0.2, 0.25) is 0 Å². The summed E-state index contributed by atoms with van der Waals surface area (Å²) in [5, 5.41) is 8.32. The summed E-state index contributed by atoms with van der Waals surface area (Å²) in [5.74, 6) is -0.532. The fourth-order valence-electron chi connectivity index (χ4n) is 2.05. The molecule has 1 aliphatic rings. The number of nitrogens with zero attached hydrogens (tertiary/aromatic N) is 2. The molecule has 1 aromatic carbocycles. The molecule has 1 amide bonds. The van der Waals surface area contributed by atoms with E-state index in [1.165, 1.54) is 12.8 Å². The first-order chi connectivity index (χ1) is 9.63. The number of carbonyl (C=O) groups is 1. The molecule has 1 heterocycles. The largest absolute Gasteiger partial charge is 0.364 e. The van der Waals surface area contributed by atoms with Gasteiger partial charge in [-0.15, -0.1) is 0 Å². The van der Waals surface area contributed by atoms with Crippen molar-refractivity contribution < 1.29 is 4.79 Å². The fraction of sp³-hybridized carbons (Fsp3) is 0.286. The van der Waals surface area contributed by atoms with E-state index in [4.69, 9.17) is 17.3 Å². The topological polar surface area (TPSA) is 72.9 Å². The molecule has 0 saturated heterocycles. The quantitative estimate of drug-likeness (QED) is 0.883. The van der Waals surface area contributed by atoms with E-state index in [1.54, 1.807) is 16.9 Å². The Morgan fingerprint density at radius 1 is 1.45 bits per heavy atom. The number of carbonyl (C=O) groups excluding carboxylic acids is 1. The van der Waals surface area contributed by atoms with Crippen molar-refractivity contribution in [3.63, 3.8) is 0 Å². The summed E-state index contributed by atoms with van der Waals surface area (Å²) in [4.78, 5) is 11.1. The molecule has 1 saturated carbocycles. The molecular weight excluding hydrogens is 276 g/mol. The highest BCUT2D eigenvalue weighted by atomic mass is 35.5. The maximum atomic E-state index is 11.1. The van der Waals surface area contributed by atoms with Crippen molar-refractivity contribution in [3.8, 4) is 5.69 Å². The molecule has 6 heteroatoms. The van der Waals surface area contributed by atoms with Crippen molar-refractivity contribution in [2.45, 2.75) is 25.4 Å². The number of nitrogens with two attached hydrogens (primary N) is 1. The highest BCUT2D eigenvalue weighted by molar-refractivity contribution is 6.30. The maximum Gasteiger partial charge on any atom is 0.269 e. The molecule has 0 aliphatic heterocycles. The molecule has 1 aliphatic carbocycles. The maximum absolute atomic E-state index is 11.1. The monoisotopic (exact) mass is 290 g/mol. The van der Waals surface area contributed by atoms with Crippen LogP contribution in [0.25, 0.3) is 5.69 Å². The molecule has 0 spiro atoms. The number of aromatic nitrogens is 2. The van der Waals surface area contributed by atoms with Gasteiger partial charge >= 0.3 is 0 Å². The molecule has 5 nitrogen and oxygen atoms in total. The van der Waals surface area contributed by atoms with Crippen LogP contribution in [-0.4, -0.2) is 21.7 Å². The van der Waals surface area contributed by atoms with Crippen LogP contribution in [0, 0.1) is 0 Å². The van der Waals surface area contributed by atoms with Crippen LogP contribution in [0.1, 0.15) is 28.9 Å². The molecule has 20 heavy (non-hydrogen) atoms. The minimum atomic E-state index is -0.532. The van der Waals surface area contributed by atoms with Gasteiger partial charge in [-0.3, -0.25) is 4.79 Å². The first kappa shape index (κ1) is 13.1. The zero-order chi connectivity index (χ0) is 14.1. The number of hydrogen-bond donors (Lipinski definition) is 2. The van der Waals surface area contributed by atoms with Gasteiger partial charge < -0.3 is 11.1 Å². The van der Waals surface area contributed by atoms with Crippen molar-refractivity contribution in [2.75, 3.05) is 0 Å². The molecule has 3 N–H and O–H groups in total. The lowest BCUT2D eigenvalue weighted by Crippen LogP contribution is -2.17. The Balaban J connectivity index is 1.91. The molecule has 0 atom stereocenters. The van der Waals surface area contributed by atoms with Gasteiger partial charge in [0.05, 0.1) is 5.69 Å². The lowest BCUT2D eigenvalue weighted by Gasteiger charge is -2.11. The van der Waals surface area contributed by atoms with Gasteiger partial charge in [0, 0.05) is 23.8 Å². The van der Waals surface area contributed by atoms with Gasteiger partial charge in [-0.1, -0.05) is 11.6 Å². The zero-order valence-corrected chi connectivity index (χ0v) is 11.6. The predicted octanol–water partition coefficient (Wildman–Crippen LogP) is 1.88. The lowest BCUT2D eigenvalue weighted by molar-refractivity contribution is 0.0995. The third kappa shape index (κ3) is 2.84. The molecule has 1 fully saturated rings. The summed E-state index contributed by atoms with van der Waals surface area (Å²) in [7, 11) is 0. The number of primary amides is 1. The van der Waals surface area contributed by atoms with Crippen LogP contribution in [0.5, 0.6) is 0 Å². The van der Waals surface area contributed by atoms with E-state index in [1.807, 2.05) is 18.2 Å². The third-order valence-electron chi connectivity index (χ3n) is 3.29. The average molecular weight is 291 g/mol. The summed E-state index contributed by atoms with van der Waals surface area (Å²) in [6.07, 6.45) is 4.18. The van der Waals surface area contributed by atoms with E-state index in [0.29, 0.717) is 11.1 Å². The summed E-state index contributed by atoms with van der Waals surface area (Å²) < 4.78 is 1.65. The predicted molar refractivity (Wildman–Crippen MR) is 77.0 cm³/mol. The number of benzene rings is 1. The summed E-state index contributed by atoms with van der Waals surface area (Å²) in [6.45, 7) is 0.728. The molecule has 0 bridgehead atoms. The fourth-order valence-corrected chi connectivity index (χ4v) is 2.25. The van der Waals surface area contributed by atoms with Crippen LogP contribution >= 0.6 is 11.6 Å². The Hall–Kier alpha value is -1.85. The van der Waals surface area contributed by atoms with Gasteiger partial charge in [-0.2, -0.15) is 5.10 Å². The molecule has 104 valence electrons. The van der Waals surface area contributed by atoms with Crippen molar-refractivity contribution in [2.24, 2.45) is 5.73 Å². The van der Waals surface area contributed by atoms with Gasteiger partial charge in [0.1, 0.15) is 5.69 Å². The lowest BCUT2D eigenvalue weighted by atomic mass is 10.1. The van der Waals surface area contributed by atoms with Crippen LogP contribution in [-0.2, 0) is 6.54 Å². The van der Waals surface area contributed by atoms with Gasteiger partial charge in [-0.25, -0.2) is 4.68 Å². The molecule has 1 aromatic heterocycles. The molecule has 3 rings (SSSR count). The molecule has 0 radical (unpaired) electrons. The van der Waals surface area contributed by atoms with Crippen molar-refractivity contribution in [1.82, 2.24) is 15.1 Å². The SMILES string of the molecule is NC(=O)c1ccn(-c2ccc(Cl)cc2CNC2CC2)n1. The van der Waals surface area contributed by atoms with Crippen molar-refractivity contribution in [1.29, 1.82) is 0 Å². The Labute approximate surface area is 121 Å². The normalized spacial score (nSPS) is 14.4. The van der Waals surface area contributed by atoms with Crippen molar-refractivity contribution >= 4 is 17.5 Å². The minimum Gasteiger partial charge on any atom is -0.364 e. The molecular formula is C14H15ClN4O. The first-order valence-corrected chi connectivity index (χ1v) is 6.89. The smallest absolute Gasteiger partial charge is 0.269 e. The summed E-state index contributed by atoms with van der Waals surface area (Å²) >= 11 is 6.06. The van der Waals surface area contributed by atoms with E-state index in [0.717, 1.165) is 17.8 Å². The van der Waals surface area contributed by atoms with E-state index < -0.39 is 5.91 Å². The second-order valence-corrected chi connectivity index (χ2v) is 5.37. The Morgan fingerprint density at radius 3 is 2.90 bits per heavy atom.